The lowest BCUT2D eigenvalue weighted by atomic mass is 9.97. The molecule has 1 aliphatic heterocycles. The summed E-state index contributed by atoms with van der Waals surface area (Å²) in [4.78, 5) is 29.9. The van der Waals surface area contributed by atoms with Crippen LogP contribution in [-0.2, 0) is 11.3 Å². The van der Waals surface area contributed by atoms with Crippen LogP contribution in [0.5, 0.6) is 0 Å². The third kappa shape index (κ3) is 5.69. The van der Waals surface area contributed by atoms with Crippen LogP contribution in [0.4, 0.5) is 4.79 Å². The number of halogens is 1. The van der Waals surface area contributed by atoms with Crippen molar-refractivity contribution in [2.24, 2.45) is 5.92 Å². The molecule has 0 radical (unpaired) electrons. The van der Waals surface area contributed by atoms with Crippen LogP contribution in [0.15, 0.2) is 48.8 Å². The van der Waals surface area contributed by atoms with Crippen molar-refractivity contribution >= 4 is 23.6 Å². The van der Waals surface area contributed by atoms with Crippen molar-refractivity contribution in [3.63, 3.8) is 0 Å². The predicted octanol–water partition coefficient (Wildman–Crippen LogP) is 3.51. The van der Waals surface area contributed by atoms with Crippen LogP contribution in [0.2, 0.25) is 5.02 Å². The Morgan fingerprint density at radius 2 is 1.78 bits per heavy atom. The number of aromatic nitrogens is 1. The first-order chi connectivity index (χ1) is 13.1. The Morgan fingerprint density at radius 3 is 2.44 bits per heavy atom. The van der Waals surface area contributed by atoms with Gasteiger partial charge in [-0.1, -0.05) is 23.7 Å². The fraction of sp³-hybridized carbons (Fsp3) is 0.350. The molecule has 2 aromatic rings. The lowest BCUT2D eigenvalue weighted by molar-refractivity contribution is 0.0801. The van der Waals surface area contributed by atoms with E-state index in [1.165, 1.54) is 0 Å². The highest BCUT2D eigenvalue weighted by molar-refractivity contribution is 6.30. The van der Waals surface area contributed by atoms with Gasteiger partial charge in [0, 0.05) is 42.6 Å². The summed E-state index contributed by atoms with van der Waals surface area (Å²) in [5.74, 6) is 0.262. The van der Waals surface area contributed by atoms with Gasteiger partial charge in [0.2, 0.25) is 0 Å². The average Bonchev–Trinajstić information content (AvgIpc) is 2.72. The van der Waals surface area contributed by atoms with Gasteiger partial charge in [0.05, 0.1) is 0 Å². The molecule has 0 bridgehead atoms. The number of hydrogen-bond donors (Lipinski definition) is 1. The minimum Gasteiger partial charge on any atom is -0.445 e. The Balaban J connectivity index is 1.37. The van der Waals surface area contributed by atoms with Gasteiger partial charge in [0.15, 0.2) is 0 Å². The summed E-state index contributed by atoms with van der Waals surface area (Å²) in [5.41, 5.74) is 1.51. The summed E-state index contributed by atoms with van der Waals surface area (Å²) in [6.07, 6.45) is 4.58. The van der Waals surface area contributed by atoms with Crippen LogP contribution in [0.1, 0.15) is 28.8 Å². The molecule has 1 aromatic carbocycles. The maximum absolute atomic E-state index is 12.2. The Hall–Kier alpha value is -2.60. The minimum atomic E-state index is -0.302. The summed E-state index contributed by atoms with van der Waals surface area (Å²) < 4.78 is 5.37. The first-order valence-corrected chi connectivity index (χ1v) is 9.34. The largest absolute Gasteiger partial charge is 0.445 e. The molecule has 1 aromatic heterocycles. The molecule has 1 N–H and O–H groups in total. The van der Waals surface area contributed by atoms with Gasteiger partial charge in [0.25, 0.3) is 5.91 Å². The summed E-state index contributed by atoms with van der Waals surface area (Å²) in [6, 6.07) is 10.6. The van der Waals surface area contributed by atoms with E-state index < -0.39 is 0 Å². The van der Waals surface area contributed by atoms with E-state index in [2.05, 4.69) is 10.3 Å². The summed E-state index contributed by atoms with van der Waals surface area (Å²) in [5, 5.41) is 3.61. The second kappa shape index (κ2) is 9.37. The zero-order valence-electron chi connectivity index (χ0n) is 14.9. The number of pyridine rings is 1. The van der Waals surface area contributed by atoms with Gasteiger partial charge in [-0.25, -0.2) is 4.79 Å². The molecule has 3 rings (SSSR count). The number of nitrogens with one attached hydrogen (secondary N) is 1. The highest BCUT2D eigenvalue weighted by atomic mass is 35.5. The van der Waals surface area contributed by atoms with Crippen molar-refractivity contribution < 1.29 is 14.3 Å². The van der Waals surface area contributed by atoms with E-state index in [0.29, 0.717) is 36.1 Å². The van der Waals surface area contributed by atoms with Crippen LogP contribution in [0.25, 0.3) is 0 Å². The van der Waals surface area contributed by atoms with Gasteiger partial charge in [-0.3, -0.25) is 9.78 Å². The third-order valence-corrected chi connectivity index (χ3v) is 4.89. The van der Waals surface area contributed by atoms with Crippen molar-refractivity contribution in [3.05, 3.63) is 64.9 Å². The second-order valence-corrected chi connectivity index (χ2v) is 6.99. The van der Waals surface area contributed by atoms with Crippen molar-refractivity contribution in [1.29, 1.82) is 0 Å². The maximum Gasteiger partial charge on any atom is 0.410 e. The number of amides is 2. The monoisotopic (exact) mass is 387 g/mol. The van der Waals surface area contributed by atoms with Crippen molar-refractivity contribution in [2.75, 3.05) is 19.6 Å². The van der Waals surface area contributed by atoms with Gasteiger partial charge < -0.3 is 15.0 Å². The van der Waals surface area contributed by atoms with Gasteiger partial charge in [-0.2, -0.15) is 0 Å². The SMILES string of the molecule is O=C(NCC1CCN(C(=O)OCc2ccc(Cl)cc2)CC1)c1ccncc1. The molecule has 0 saturated carbocycles. The number of likely N-dealkylation sites (tertiary alicyclic amines) is 1. The quantitative estimate of drug-likeness (QED) is 0.852. The minimum absolute atomic E-state index is 0.0952. The fourth-order valence-electron chi connectivity index (χ4n) is 2.98. The van der Waals surface area contributed by atoms with Crippen LogP contribution >= 0.6 is 11.6 Å². The highest BCUT2D eigenvalue weighted by Gasteiger charge is 2.24. The predicted molar refractivity (Wildman–Crippen MR) is 103 cm³/mol. The molecule has 2 amide bonds. The number of carbonyl (C=O) groups is 2. The van der Waals surface area contributed by atoms with E-state index >= 15 is 0 Å². The summed E-state index contributed by atoms with van der Waals surface area (Å²) >= 11 is 5.84. The smallest absolute Gasteiger partial charge is 0.410 e. The van der Waals surface area contributed by atoms with Gasteiger partial charge in [0.1, 0.15) is 6.61 Å². The normalized spacial score (nSPS) is 14.6. The van der Waals surface area contributed by atoms with Crippen molar-refractivity contribution in [1.82, 2.24) is 15.2 Å². The van der Waals surface area contributed by atoms with Crippen molar-refractivity contribution in [2.45, 2.75) is 19.4 Å². The maximum atomic E-state index is 12.2. The van der Waals surface area contributed by atoms with Gasteiger partial charge >= 0.3 is 6.09 Å². The lowest BCUT2D eigenvalue weighted by Crippen LogP contribution is -2.41. The number of nitrogens with zero attached hydrogens (tertiary/aromatic N) is 2. The lowest BCUT2D eigenvalue weighted by Gasteiger charge is -2.31. The molecule has 0 spiro atoms. The first-order valence-electron chi connectivity index (χ1n) is 8.96. The zero-order chi connectivity index (χ0) is 19.1. The van der Waals surface area contributed by atoms with Gasteiger partial charge in [-0.05, 0) is 48.6 Å². The van der Waals surface area contributed by atoms with E-state index in [1.54, 1.807) is 41.6 Å². The number of ether oxygens (including phenoxy) is 1. The average molecular weight is 388 g/mol. The first kappa shape index (κ1) is 19.2. The van der Waals surface area contributed by atoms with Crippen LogP contribution in [0.3, 0.4) is 0 Å². The number of hydrogen-bond acceptors (Lipinski definition) is 4. The molecule has 7 heteroatoms. The Kier molecular flexibility index (Phi) is 6.65. The number of piperidine rings is 1. The Bertz CT molecular complexity index is 760. The molecular formula is C20H22ClN3O3. The number of carbonyl (C=O) groups excluding carboxylic acids is 2. The topological polar surface area (TPSA) is 71.5 Å². The Labute approximate surface area is 163 Å². The van der Waals surface area contributed by atoms with E-state index in [0.717, 1.165) is 18.4 Å². The molecule has 0 unspecified atom stereocenters. The van der Waals surface area contributed by atoms with E-state index in [-0.39, 0.29) is 18.6 Å². The number of benzene rings is 1. The second-order valence-electron chi connectivity index (χ2n) is 6.56. The van der Waals surface area contributed by atoms with Crippen molar-refractivity contribution in [3.8, 4) is 0 Å². The molecule has 1 saturated heterocycles. The standard InChI is InChI=1S/C20H22ClN3O3/c21-18-3-1-16(2-4-18)14-27-20(26)24-11-7-15(8-12-24)13-23-19(25)17-5-9-22-10-6-17/h1-6,9-10,15H,7-8,11-14H2,(H,23,25). The molecular weight excluding hydrogens is 366 g/mol. The molecule has 6 nitrogen and oxygen atoms in total. The molecule has 27 heavy (non-hydrogen) atoms. The molecule has 0 atom stereocenters. The highest BCUT2D eigenvalue weighted by Crippen LogP contribution is 2.18. The van der Waals surface area contributed by atoms with Gasteiger partial charge in [-0.15, -0.1) is 0 Å². The molecule has 1 fully saturated rings. The zero-order valence-corrected chi connectivity index (χ0v) is 15.7. The van der Waals surface area contributed by atoms with E-state index in [9.17, 15) is 9.59 Å². The number of rotatable bonds is 5. The molecule has 0 aliphatic carbocycles. The molecule has 2 heterocycles. The molecule has 1 aliphatic rings. The van der Waals surface area contributed by atoms with Crippen LogP contribution in [-0.4, -0.2) is 41.5 Å². The Morgan fingerprint density at radius 1 is 1.11 bits per heavy atom. The van der Waals surface area contributed by atoms with E-state index in [1.807, 2.05) is 12.1 Å². The van der Waals surface area contributed by atoms with E-state index in [4.69, 9.17) is 16.3 Å². The summed E-state index contributed by atoms with van der Waals surface area (Å²) in [6.45, 7) is 2.11. The molecule has 142 valence electrons. The summed E-state index contributed by atoms with van der Waals surface area (Å²) in [7, 11) is 0. The third-order valence-electron chi connectivity index (χ3n) is 4.64. The van der Waals surface area contributed by atoms with Crippen LogP contribution in [0, 0.1) is 5.92 Å². The fourth-order valence-corrected chi connectivity index (χ4v) is 3.11. The van der Waals surface area contributed by atoms with Crippen LogP contribution < -0.4 is 5.32 Å².